The molecule has 0 atom stereocenters. The molecule has 0 fully saturated rings. The monoisotopic (exact) mass is 741 g/mol. The summed E-state index contributed by atoms with van der Waals surface area (Å²) in [6, 6.07) is 71.4. The molecule has 0 bridgehead atoms. The van der Waals surface area contributed by atoms with Crippen LogP contribution in [0.4, 0.5) is 11.4 Å². The Bertz CT molecular complexity index is 3180. The van der Waals surface area contributed by atoms with Crippen LogP contribution < -0.4 is 4.90 Å². The van der Waals surface area contributed by atoms with E-state index in [4.69, 9.17) is 4.42 Å². The second-order valence-electron chi connectivity index (χ2n) is 14.6. The third-order valence-corrected chi connectivity index (χ3v) is 11.0. The van der Waals surface area contributed by atoms with Gasteiger partial charge in [-0.2, -0.15) is 0 Å². The zero-order valence-corrected chi connectivity index (χ0v) is 31.9. The van der Waals surface area contributed by atoms with Gasteiger partial charge in [0.25, 0.3) is 0 Å². The first-order chi connectivity index (χ1) is 28.7. The van der Waals surface area contributed by atoms with Gasteiger partial charge in [-0.3, -0.25) is 0 Å². The van der Waals surface area contributed by atoms with Gasteiger partial charge in [0.1, 0.15) is 11.2 Å². The molecule has 0 aliphatic heterocycles. The third kappa shape index (κ3) is 6.47. The molecule has 0 spiro atoms. The maximum atomic E-state index is 6.55. The van der Waals surface area contributed by atoms with E-state index in [1.54, 1.807) is 0 Å². The van der Waals surface area contributed by atoms with E-state index >= 15 is 0 Å². The molecule has 58 heavy (non-hydrogen) atoms. The second-order valence-corrected chi connectivity index (χ2v) is 14.6. The Labute approximate surface area is 338 Å². The standard InChI is InChI=1S/C56H39NO/c1-2-3-27-47(35-46-26-16-31-54-56(46)52-37-42-22-10-11-23-43(42)38-55(52)58-54)57(48-28-14-25-45(34-48)50-30-15-24-40-21-12-13-29-49(40)50)53-33-32-44(39-17-6-4-7-18-39)36-51(53)41-19-8-5-9-20-41/h2-38H,1H2/b27-3-,47-35-. The number of rotatable bonds is 9. The van der Waals surface area contributed by atoms with E-state index in [-0.39, 0.29) is 0 Å². The Morgan fingerprint density at radius 2 is 1.14 bits per heavy atom. The van der Waals surface area contributed by atoms with Crippen LogP contribution in [0.25, 0.3) is 82.9 Å². The largest absolute Gasteiger partial charge is 0.456 e. The van der Waals surface area contributed by atoms with E-state index in [1.165, 1.54) is 27.3 Å². The molecule has 2 nitrogen and oxygen atoms in total. The van der Waals surface area contributed by atoms with Crippen LogP contribution in [-0.2, 0) is 0 Å². The van der Waals surface area contributed by atoms with Gasteiger partial charge in [0.05, 0.1) is 5.69 Å². The maximum Gasteiger partial charge on any atom is 0.136 e. The maximum absolute atomic E-state index is 6.55. The van der Waals surface area contributed by atoms with Crippen LogP contribution in [0.5, 0.6) is 0 Å². The molecule has 0 saturated carbocycles. The van der Waals surface area contributed by atoms with Gasteiger partial charge in [0.2, 0.25) is 0 Å². The van der Waals surface area contributed by atoms with Crippen LogP contribution in [0.1, 0.15) is 5.56 Å². The molecule has 0 N–H and O–H groups in total. The molecule has 2 heteroatoms. The van der Waals surface area contributed by atoms with Crippen molar-refractivity contribution in [2.45, 2.75) is 0 Å². The lowest BCUT2D eigenvalue weighted by Gasteiger charge is -2.30. The molecule has 0 amide bonds. The predicted molar refractivity (Wildman–Crippen MR) is 247 cm³/mol. The fourth-order valence-corrected chi connectivity index (χ4v) is 8.28. The fourth-order valence-electron chi connectivity index (χ4n) is 8.28. The fraction of sp³-hybridized carbons (Fsp3) is 0. The third-order valence-electron chi connectivity index (χ3n) is 11.0. The highest BCUT2D eigenvalue weighted by Gasteiger charge is 2.21. The van der Waals surface area contributed by atoms with Gasteiger partial charge >= 0.3 is 0 Å². The SMILES string of the molecule is C=C/C=C\C(=C\c1cccc2oc3cc4ccccc4cc3c12)N(c1cccc(-c2cccc3ccccc23)c1)c1ccc(-c2ccccc2)cc1-c1ccccc1. The molecular formula is C56H39NO. The van der Waals surface area contributed by atoms with Crippen molar-refractivity contribution >= 4 is 60.9 Å². The number of anilines is 2. The Morgan fingerprint density at radius 1 is 0.466 bits per heavy atom. The minimum absolute atomic E-state index is 0.854. The minimum atomic E-state index is 0.854. The summed E-state index contributed by atoms with van der Waals surface area (Å²) in [5.41, 5.74) is 12.8. The Hall–Kier alpha value is -7.68. The van der Waals surface area contributed by atoms with Crippen molar-refractivity contribution in [2.75, 3.05) is 4.90 Å². The summed E-state index contributed by atoms with van der Waals surface area (Å²) < 4.78 is 6.55. The number of nitrogens with zero attached hydrogens (tertiary/aromatic N) is 1. The first kappa shape index (κ1) is 34.8. The number of fused-ring (bicyclic) bond motifs is 5. The van der Waals surface area contributed by atoms with Crippen molar-refractivity contribution in [1.29, 1.82) is 0 Å². The molecule has 1 aromatic heterocycles. The van der Waals surface area contributed by atoms with Gasteiger partial charge < -0.3 is 9.32 Å². The van der Waals surface area contributed by atoms with Crippen LogP contribution in [0, 0.1) is 0 Å². The van der Waals surface area contributed by atoms with Crippen LogP contribution in [0.3, 0.4) is 0 Å². The summed E-state index contributed by atoms with van der Waals surface area (Å²) in [5.74, 6) is 0. The molecule has 9 aromatic carbocycles. The van der Waals surface area contributed by atoms with E-state index in [9.17, 15) is 0 Å². The van der Waals surface area contributed by atoms with Crippen molar-refractivity contribution in [3.8, 4) is 33.4 Å². The summed E-state index contributed by atoms with van der Waals surface area (Å²) in [6.07, 6.45) is 8.31. The summed E-state index contributed by atoms with van der Waals surface area (Å²) in [5, 5.41) is 6.95. The molecule has 0 saturated heterocycles. The van der Waals surface area contributed by atoms with Crippen molar-refractivity contribution in [1.82, 2.24) is 0 Å². The molecule has 10 rings (SSSR count). The van der Waals surface area contributed by atoms with Gasteiger partial charge in [0.15, 0.2) is 0 Å². The Kier molecular flexibility index (Phi) is 9.06. The lowest BCUT2D eigenvalue weighted by Crippen LogP contribution is -2.16. The number of hydrogen-bond donors (Lipinski definition) is 0. The molecule has 0 unspecified atom stereocenters. The molecule has 274 valence electrons. The molecular weight excluding hydrogens is 703 g/mol. The highest BCUT2D eigenvalue weighted by molar-refractivity contribution is 6.13. The predicted octanol–water partition coefficient (Wildman–Crippen LogP) is 15.8. The molecule has 0 radical (unpaired) electrons. The molecule has 0 aliphatic carbocycles. The van der Waals surface area contributed by atoms with Crippen molar-refractivity contribution in [2.24, 2.45) is 0 Å². The summed E-state index contributed by atoms with van der Waals surface area (Å²) in [4.78, 5) is 2.39. The lowest BCUT2D eigenvalue weighted by molar-refractivity contribution is 0.669. The highest BCUT2D eigenvalue weighted by atomic mass is 16.3. The van der Waals surface area contributed by atoms with Gasteiger partial charge in [0, 0.05) is 27.7 Å². The number of benzene rings is 9. The number of allylic oxidation sites excluding steroid dienone is 3. The Balaban J connectivity index is 1.25. The van der Waals surface area contributed by atoms with E-state index in [0.717, 1.165) is 72.2 Å². The zero-order chi connectivity index (χ0) is 38.8. The molecule has 10 aromatic rings. The summed E-state index contributed by atoms with van der Waals surface area (Å²) in [6.45, 7) is 4.10. The lowest BCUT2D eigenvalue weighted by atomic mass is 9.95. The van der Waals surface area contributed by atoms with Gasteiger partial charge in [-0.15, -0.1) is 0 Å². The first-order valence-corrected chi connectivity index (χ1v) is 19.7. The molecule has 0 aliphatic rings. The van der Waals surface area contributed by atoms with Gasteiger partial charge in [-0.25, -0.2) is 0 Å². The number of furan rings is 1. The van der Waals surface area contributed by atoms with E-state index < -0.39 is 0 Å². The van der Waals surface area contributed by atoms with Crippen LogP contribution in [-0.4, -0.2) is 0 Å². The first-order valence-electron chi connectivity index (χ1n) is 19.7. The van der Waals surface area contributed by atoms with Crippen LogP contribution >= 0.6 is 0 Å². The molecule has 1 heterocycles. The van der Waals surface area contributed by atoms with Crippen molar-refractivity contribution in [3.63, 3.8) is 0 Å². The van der Waals surface area contributed by atoms with E-state index in [1.807, 2.05) is 12.2 Å². The smallest absolute Gasteiger partial charge is 0.136 e. The van der Waals surface area contributed by atoms with E-state index in [0.29, 0.717) is 0 Å². The van der Waals surface area contributed by atoms with Crippen molar-refractivity contribution < 1.29 is 4.42 Å². The normalized spacial score (nSPS) is 11.9. The zero-order valence-electron chi connectivity index (χ0n) is 31.9. The van der Waals surface area contributed by atoms with Gasteiger partial charge in [-0.05, 0) is 110 Å². The average molecular weight is 742 g/mol. The minimum Gasteiger partial charge on any atom is -0.456 e. The summed E-state index contributed by atoms with van der Waals surface area (Å²) >= 11 is 0. The number of hydrogen-bond acceptors (Lipinski definition) is 2. The van der Waals surface area contributed by atoms with Crippen LogP contribution in [0.15, 0.2) is 235 Å². The Morgan fingerprint density at radius 3 is 1.95 bits per heavy atom. The van der Waals surface area contributed by atoms with E-state index in [2.05, 4.69) is 224 Å². The summed E-state index contributed by atoms with van der Waals surface area (Å²) in [7, 11) is 0. The quantitative estimate of drug-likeness (QED) is 0.137. The second kappa shape index (κ2) is 15.1. The van der Waals surface area contributed by atoms with Gasteiger partial charge in [-0.1, -0.05) is 176 Å². The van der Waals surface area contributed by atoms with Crippen LogP contribution in [0.2, 0.25) is 0 Å². The topological polar surface area (TPSA) is 16.4 Å². The highest BCUT2D eigenvalue weighted by Crippen LogP contribution is 2.43. The average Bonchev–Trinajstić information content (AvgIpc) is 3.66. The van der Waals surface area contributed by atoms with Crippen molar-refractivity contribution in [3.05, 3.63) is 236 Å².